The monoisotopic (exact) mass is 1510 g/mol. The first-order valence-electron chi connectivity index (χ1n) is 35.2. The molecule has 12 atom stereocenters. The van der Waals surface area contributed by atoms with E-state index in [1.165, 1.54) is 54.6 Å². The number of phenols is 3. The highest BCUT2D eigenvalue weighted by Gasteiger charge is 2.44. The number of aliphatic hydroxyl groups excluding tert-OH is 1. The maximum absolute atomic E-state index is 15.4. The number of aliphatic hydroxyl groups is 1. The van der Waals surface area contributed by atoms with Gasteiger partial charge in [0.2, 0.25) is 41.4 Å². The van der Waals surface area contributed by atoms with Gasteiger partial charge in [0.05, 0.1) is 41.8 Å². The van der Waals surface area contributed by atoms with Crippen LogP contribution in [0.2, 0.25) is 5.02 Å². The number of nitrogens with two attached hydrogens (primary N) is 3. The molecule has 2 saturated heterocycles. The Bertz CT molecular complexity index is 3740. The number of nitrogens with one attached hydrogen (secondary N) is 5. The van der Waals surface area contributed by atoms with Crippen molar-refractivity contribution in [1.82, 2.24) is 31.5 Å². The van der Waals surface area contributed by atoms with Crippen LogP contribution in [0.4, 0.5) is 0 Å². The molecule has 2 fully saturated rings. The lowest BCUT2D eigenvalue weighted by atomic mass is 9.86. The molecule has 4 aromatic carbocycles. The highest BCUT2D eigenvalue weighted by molar-refractivity contribution is 8.76. The molecule has 2 aliphatic heterocycles. The first-order valence-corrected chi connectivity index (χ1v) is 38.1. The van der Waals surface area contributed by atoms with E-state index in [1.54, 1.807) is 52.0 Å². The van der Waals surface area contributed by atoms with Crippen molar-refractivity contribution in [1.29, 1.82) is 0 Å². The molecular formula is C75H98ClN9O18S2. The van der Waals surface area contributed by atoms with Crippen molar-refractivity contribution in [2.24, 2.45) is 58.6 Å². The summed E-state index contributed by atoms with van der Waals surface area (Å²) in [5, 5.41) is 65.2. The van der Waals surface area contributed by atoms with Gasteiger partial charge in [0.15, 0.2) is 28.9 Å². The summed E-state index contributed by atoms with van der Waals surface area (Å²) in [7, 11) is 1.85. The SMILES string of the molecule is CCC(C)[C@H](NC(=O)[C@@H](CC(=O)[C@@H]1CSSC[C@H](NC(=O)[C@@H](CCC(=O)O)CC(=O)[C@@H](N)Cc2ccc(O)cc2)C(=O)N2C[C@H](O)C[C@H]2C(=O)C[C@@H](Cc2ccc(O)c(Cl)c2)C(=O)NCC(=O)C[C@@H](CC(C)C)C(=O)N1)Cc1ccc(O)cc1)C(=O)C[C@@H](CCC(N)=O)C(=O)NCc1cccc(CN)c1. The molecular weight excluding hydrogens is 1410 g/mol. The van der Waals surface area contributed by atoms with Crippen molar-refractivity contribution < 1.29 is 87.9 Å². The molecule has 0 radical (unpaired) electrons. The van der Waals surface area contributed by atoms with Crippen molar-refractivity contribution in [2.75, 3.05) is 24.6 Å². The molecule has 2 aliphatic rings. The van der Waals surface area contributed by atoms with E-state index in [0.717, 1.165) is 37.6 Å². The summed E-state index contributed by atoms with van der Waals surface area (Å²) in [6.45, 7) is 6.35. The van der Waals surface area contributed by atoms with E-state index >= 15 is 14.4 Å². The van der Waals surface area contributed by atoms with Crippen LogP contribution in [0, 0.1) is 41.4 Å². The minimum Gasteiger partial charge on any atom is -0.508 e. The average molecular weight is 1510 g/mol. The molecule has 1 unspecified atom stereocenters. The Kier molecular flexibility index (Phi) is 33.9. The molecule has 2 heterocycles. The normalized spacial score (nSPS) is 20.4. The van der Waals surface area contributed by atoms with E-state index in [9.17, 15) is 73.5 Å². The van der Waals surface area contributed by atoms with Crippen molar-refractivity contribution >= 4 is 109 Å². The van der Waals surface area contributed by atoms with Crippen LogP contribution >= 0.6 is 33.2 Å². The number of amides is 7. The van der Waals surface area contributed by atoms with Crippen LogP contribution in [-0.2, 0) is 94.7 Å². The van der Waals surface area contributed by atoms with E-state index in [1.807, 2.05) is 12.1 Å². The Morgan fingerprint density at radius 1 is 0.705 bits per heavy atom. The topological polar surface area (TPSA) is 465 Å². The fourth-order valence-corrected chi connectivity index (χ4v) is 15.3. The van der Waals surface area contributed by atoms with Crippen LogP contribution in [0.5, 0.6) is 17.2 Å². The number of hydrogen-bond donors (Lipinski definition) is 13. The zero-order valence-electron chi connectivity index (χ0n) is 59.4. The first-order chi connectivity index (χ1) is 49.8. The third kappa shape index (κ3) is 27.6. The Labute approximate surface area is 623 Å². The summed E-state index contributed by atoms with van der Waals surface area (Å²) in [6, 6.07) is 16.0. The molecule has 0 aromatic heterocycles. The largest absolute Gasteiger partial charge is 0.508 e. The zero-order valence-corrected chi connectivity index (χ0v) is 61.8. The second kappa shape index (κ2) is 41.8. The van der Waals surface area contributed by atoms with Crippen LogP contribution in [0.15, 0.2) is 91.0 Å². The van der Waals surface area contributed by atoms with E-state index in [0.29, 0.717) is 23.1 Å². The maximum atomic E-state index is 15.4. The number of carbonyl (C=O) groups is 13. The minimum absolute atomic E-state index is 0.0235. The summed E-state index contributed by atoms with van der Waals surface area (Å²) >= 11 is 6.27. The number of benzene rings is 4. The minimum atomic E-state index is -1.63. The first kappa shape index (κ1) is 85.2. The molecule has 570 valence electrons. The van der Waals surface area contributed by atoms with Gasteiger partial charge < -0.3 is 74.2 Å². The van der Waals surface area contributed by atoms with Crippen molar-refractivity contribution in [2.45, 2.75) is 173 Å². The lowest BCUT2D eigenvalue weighted by molar-refractivity contribution is -0.142. The average Bonchev–Trinajstić information content (AvgIpc) is 1.71. The standard InChI is InChI=1S/C75H98ClN9O18S2/c1-5-42(4)69(66(94)31-48(14-21-67(79)95)70(98)80-36-47-8-6-7-46(24-47)35-77)84-74(102)52(25-43-9-16-53(86)17-10-43)32-64(92)59-39-104-105-40-60(83-72(100)49(15-22-68(96)97)30-63(91)58(78)28-44-11-18-54(87)19-12-44)75(103)85-38-56(89)34-61(85)65(93)33-51(26-45-13-20-62(90)57(76)27-45)71(99)81-37-55(88)29-50(23-41(2)3)73(101)82-59/h6-13,16-20,24,27,41-42,48-52,56,58-61,69,86-87,89-90H,5,14-15,21-23,25-26,28-40,77-78H2,1-4H3,(H2,79,95)(H,80,98)(H,81,99)(H,82,101)(H,83,100)(H,84,102)(H,96,97)/t42?,48-,49+,50-,51-,52-,56-,58+,59+,60+,61+,69+/m1/s1. The lowest BCUT2D eigenvalue weighted by Crippen LogP contribution is -2.54. The number of phenolic OH excluding ortho intramolecular Hbond substituents is 3. The highest BCUT2D eigenvalue weighted by Crippen LogP contribution is 2.32. The number of Topliss-reactive ketones (excluding diaryl/α,β-unsaturated/α-hetero) is 5. The predicted molar refractivity (Wildman–Crippen MR) is 394 cm³/mol. The summed E-state index contributed by atoms with van der Waals surface area (Å²) in [6.07, 6.45) is -5.56. The maximum Gasteiger partial charge on any atom is 0.303 e. The summed E-state index contributed by atoms with van der Waals surface area (Å²) in [5.41, 5.74) is 20.7. The molecule has 30 heteroatoms. The van der Waals surface area contributed by atoms with Crippen LogP contribution in [0.3, 0.4) is 0 Å². The zero-order chi connectivity index (χ0) is 77.2. The predicted octanol–water partition coefficient (Wildman–Crippen LogP) is 4.61. The quantitative estimate of drug-likeness (QED) is 0.0289. The third-order valence-corrected chi connectivity index (χ3v) is 21.6. The molecule has 6 rings (SSSR count). The number of carboxylic acids is 1. The van der Waals surface area contributed by atoms with Crippen LogP contribution in [-0.4, -0.2) is 168 Å². The van der Waals surface area contributed by atoms with Gasteiger partial charge >= 0.3 is 5.97 Å². The van der Waals surface area contributed by atoms with Gasteiger partial charge in [-0.3, -0.25) is 62.3 Å². The number of fused-ring (bicyclic) bond motifs is 1. The third-order valence-electron chi connectivity index (χ3n) is 18.9. The van der Waals surface area contributed by atoms with Gasteiger partial charge in [0, 0.05) is 112 Å². The Morgan fingerprint density at radius 3 is 1.95 bits per heavy atom. The van der Waals surface area contributed by atoms with Crippen molar-refractivity contribution in [3.05, 3.63) is 124 Å². The fourth-order valence-electron chi connectivity index (χ4n) is 12.7. The highest BCUT2D eigenvalue weighted by atomic mass is 35.5. The van der Waals surface area contributed by atoms with Crippen molar-refractivity contribution in [3.8, 4) is 17.2 Å². The number of halogens is 1. The van der Waals surface area contributed by atoms with Crippen LogP contribution < -0.4 is 43.8 Å². The summed E-state index contributed by atoms with van der Waals surface area (Å²) < 4.78 is 0. The van der Waals surface area contributed by atoms with Gasteiger partial charge in [-0.15, -0.1) is 0 Å². The van der Waals surface area contributed by atoms with E-state index < -0.39 is 206 Å². The number of aromatic hydroxyl groups is 3. The molecule has 7 amide bonds. The molecule has 0 saturated carbocycles. The number of carbonyl (C=O) groups excluding carboxylic acids is 12. The van der Waals surface area contributed by atoms with E-state index in [2.05, 4.69) is 26.6 Å². The molecule has 0 bridgehead atoms. The van der Waals surface area contributed by atoms with E-state index in [4.69, 9.17) is 28.8 Å². The Morgan fingerprint density at radius 2 is 1.32 bits per heavy atom. The number of hydrogen-bond acceptors (Lipinski definition) is 21. The van der Waals surface area contributed by atoms with Gasteiger partial charge in [0.25, 0.3) is 0 Å². The van der Waals surface area contributed by atoms with Gasteiger partial charge in [-0.2, -0.15) is 0 Å². The van der Waals surface area contributed by atoms with Gasteiger partial charge in [0.1, 0.15) is 23.3 Å². The fraction of sp³-hybridized carbons (Fsp3) is 0.507. The molecule has 0 spiro atoms. The van der Waals surface area contributed by atoms with Crippen molar-refractivity contribution in [3.63, 3.8) is 0 Å². The van der Waals surface area contributed by atoms with Gasteiger partial charge in [-0.1, -0.05) is 122 Å². The molecule has 27 nitrogen and oxygen atoms in total. The van der Waals surface area contributed by atoms with E-state index in [-0.39, 0.29) is 97.7 Å². The summed E-state index contributed by atoms with van der Waals surface area (Å²) in [5.74, 6) is -18.1. The number of rotatable bonds is 33. The van der Waals surface area contributed by atoms with Crippen LogP contribution in [0.1, 0.15) is 133 Å². The number of carboxylic acid groups (broad SMARTS) is 1. The second-order valence-electron chi connectivity index (χ2n) is 27.7. The van der Waals surface area contributed by atoms with Crippen LogP contribution in [0.25, 0.3) is 0 Å². The Balaban J connectivity index is 1.37. The molecule has 16 N–H and O–H groups in total. The molecule has 105 heavy (non-hydrogen) atoms. The number of nitrogens with zero attached hydrogens (tertiary/aromatic N) is 1. The Hall–Kier alpha value is -8.74. The van der Waals surface area contributed by atoms with Gasteiger partial charge in [-0.05, 0) is 115 Å². The number of ketones is 5. The smallest absolute Gasteiger partial charge is 0.303 e. The lowest BCUT2D eigenvalue weighted by Gasteiger charge is -2.30. The summed E-state index contributed by atoms with van der Waals surface area (Å²) in [4.78, 5) is 186. The molecule has 0 aliphatic carbocycles. The van der Waals surface area contributed by atoms with Gasteiger partial charge in [-0.25, -0.2) is 0 Å². The number of primary amides is 1. The molecule has 4 aromatic rings. The number of aliphatic carboxylic acids is 1. The second-order valence-corrected chi connectivity index (χ2v) is 30.7.